The van der Waals surface area contributed by atoms with Gasteiger partial charge in [0.15, 0.2) is 0 Å². The third-order valence-corrected chi connectivity index (χ3v) is 3.25. The van der Waals surface area contributed by atoms with Gasteiger partial charge >= 0.3 is 6.03 Å². The molecule has 5 heteroatoms. The van der Waals surface area contributed by atoms with Crippen molar-refractivity contribution in [3.8, 4) is 0 Å². The van der Waals surface area contributed by atoms with Crippen molar-refractivity contribution in [2.45, 2.75) is 31.8 Å². The predicted molar refractivity (Wildman–Crippen MR) is 69.6 cm³/mol. The Morgan fingerprint density at radius 2 is 2.12 bits per heavy atom. The minimum absolute atomic E-state index is 0.140. The zero-order chi connectivity index (χ0) is 12.4. The Kier molecular flexibility index (Phi) is 3.79. The number of halogens is 2. The zero-order valence-corrected chi connectivity index (χ0v) is 11.0. The molecule has 0 saturated heterocycles. The highest BCUT2D eigenvalue weighted by atomic mass is 35.5. The molecule has 92 valence electrons. The summed E-state index contributed by atoms with van der Waals surface area (Å²) in [6.45, 7) is 1.89. The van der Waals surface area contributed by atoms with E-state index in [0.29, 0.717) is 16.1 Å². The fourth-order valence-corrected chi connectivity index (χ4v) is 2.15. The second-order valence-electron chi connectivity index (χ2n) is 4.28. The van der Waals surface area contributed by atoms with Crippen molar-refractivity contribution in [2.75, 3.05) is 0 Å². The molecule has 1 aliphatic rings. The lowest BCUT2D eigenvalue weighted by molar-refractivity contribution is 0.237. The zero-order valence-electron chi connectivity index (χ0n) is 9.47. The molecular formula is C12H14Cl2N2O. The van der Waals surface area contributed by atoms with E-state index in [9.17, 15) is 4.79 Å². The van der Waals surface area contributed by atoms with Gasteiger partial charge in [0.1, 0.15) is 0 Å². The number of carbonyl (C=O) groups is 1. The Labute approximate surface area is 110 Å². The summed E-state index contributed by atoms with van der Waals surface area (Å²) >= 11 is 11.9. The fraction of sp³-hybridized carbons (Fsp3) is 0.417. The van der Waals surface area contributed by atoms with Crippen LogP contribution >= 0.6 is 23.2 Å². The number of carbonyl (C=O) groups excluding carboxylic acids is 1. The maximum Gasteiger partial charge on any atom is 0.315 e. The van der Waals surface area contributed by atoms with Crippen LogP contribution in [0, 0.1) is 0 Å². The molecule has 1 aromatic rings. The van der Waals surface area contributed by atoms with E-state index in [-0.39, 0.29) is 12.1 Å². The minimum atomic E-state index is -0.147. The Bertz CT molecular complexity index is 433. The predicted octanol–water partition coefficient (Wildman–Crippen LogP) is 3.52. The standard InChI is InChI=1S/C12H14Cl2N2O/c1-7(15-12(17)16-9-3-4-9)10-5-2-8(13)6-11(10)14/h2,5-7,9H,3-4H2,1H3,(H2,15,16,17)/t7-/m0/s1. The van der Waals surface area contributed by atoms with Crippen LogP contribution < -0.4 is 10.6 Å². The first-order chi connectivity index (χ1) is 8.06. The number of hydrogen-bond acceptors (Lipinski definition) is 1. The molecule has 0 unspecified atom stereocenters. The van der Waals surface area contributed by atoms with Crippen LogP contribution in [-0.4, -0.2) is 12.1 Å². The van der Waals surface area contributed by atoms with E-state index in [0.717, 1.165) is 18.4 Å². The number of benzene rings is 1. The highest BCUT2D eigenvalue weighted by Crippen LogP contribution is 2.26. The van der Waals surface area contributed by atoms with Crippen molar-refractivity contribution in [3.05, 3.63) is 33.8 Å². The van der Waals surface area contributed by atoms with Crippen LogP contribution in [0.1, 0.15) is 31.4 Å². The highest BCUT2D eigenvalue weighted by molar-refractivity contribution is 6.35. The monoisotopic (exact) mass is 272 g/mol. The molecule has 3 nitrogen and oxygen atoms in total. The van der Waals surface area contributed by atoms with Gasteiger partial charge in [-0.3, -0.25) is 0 Å². The molecule has 0 aromatic heterocycles. The largest absolute Gasteiger partial charge is 0.335 e. The van der Waals surface area contributed by atoms with Crippen molar-refractivity contribution in [2.24, 2.45) is 0 Å². The smallest absolute Gasteiger partial charge is 0.315 e. The molecule has 1 atom stereocenters. The molecule has 1 saturated carbocycles. The second-order valence-corrected chi connectivity index (χ2v) is 5.12. The van der Waals surface area contributed by atoms with E-state index in [1.165, 1.54) is 0 Å². The number of nitrogens with one attached hydrogen (secondary N) is 2. The summed E-state index contributed by atoms with van der Waals surface area (Å²) in [7, 11) is 0. The van der Waals surface area contributed by atoms with Gasteiger partial charge in [-0.1, -0.05) is 29.3 Å². The Balaban J connectivity index is 1.97. The number of amides is 2. The molecule has 0 aliphatic heterocycles. The molecule has 17 heavy (non-hydrogen) atoms. The van der Waals surface area contributed by atoms with Crippen LogP contribution in [0.3, 0.4) is 0 Å². The maximum absolute atomic E-state index is 11.6. The van der Waals surface area contributed by atoms with Gasteiger partial charge in [0.2, 0.25) is 0 Å². The van der Waals surface area contributed by atoms with Gasteiger partial charge in [-0.25, -0.2) is 4.79 Å². The molecule has 2 N–H and O–H groups in total. The topological polar surface area (TPSA) is 41.1 Å². The number of hydrogen-bond donors (Lipinski definition) is 2. The summed E-state index contributed by atoms with van der Waals surface area (Å²) in [5.74, 6) is 0. The van der Waals surface area contributed by atoms with Gasteiger partial charge in [0, 0.05) is 16.1 Å². The molecule has 0 heterocycles. The molecule has 0 radical (unpaired) electrons. The van der Waals surface area contributed by atoms with Crippen molar-refractivity contribution in [3.63, 3.8) is 0 Å². The maximum atomic E-state index is 11.6. The van der Waals surface area contributed by atoms with Crippen LogP contribution in [0.25, 0.3) is 0 Å². The van der Waals surface area contributed by atoms with E-state index >= 15 is 0 Å². The third-order valence-electron chi connectivity index (χ3n) is 2.69. The SMILES string of the molecule is C[C@H](NC(=O)NC1CC1)c1ccc(Cl)cc1Cl. The number of rotatable bonds is 3. The summed E-state index contributed by atoms with van der Waals surface area (Å²) in [6.07, 6.45) is 2.15. The first kappa shape index (κ1) is 12.5. The molecule has 1 aromatic carbocycles. The van der Waals surface area contributed by atoms with Crippen molar-refractivity contribution in [1.29, 1.82) is 0 Å². The molecule has 2 rings (SSSR count). The Morgan fingerprint density at radius 1 is 1.41 bits per heavy atom. The molecule has 1 fully saturated rings. The summed E-state index contributed by atoms with van der Waals surface area (Å²) in [4.78, 5) is 11.6. The van der Waals surface area contributed by atoms with Gasteiger partial charge in [0.25, 0.3) is 0 Å². The highest BCUT2D eigenvalue weighted by Gasteiger charge is 2.24. The lowest BCUT2D eigenvalue weighted by Gasteiger charge is -2.16. The molecular weight excluding hydrogens is 259 g/mol. The Hall–Kier alpha value is -0.930. The summed E-state index contributed by atoms with van der Waals surface area (Å²) in [5, 5.41) is 6.87. The van der Waals surface area contributed by atoms with Crippen molar-refractivity contribution in [1.82, 2.24) is 10.6 Å². The first-order valence-corrected chi connectivity index (χ1v) is 6.34. The van der Waals surface area contributed by atoms with Gasteiger partial charge in [-0.2, -0.15) is 0 Å². The third kappa shape index (κ3) is 3.51. The quantitative estimate of drug-likeness (QED) is 0.869. The van der Waals surface area contributed by atoms with Crippen LogP contribution in [0.4, 0.5) is 4.79 Å². The van der Waals surface area contributed by atoms with Crippen LogP contribution in [0.15, 0.2) is 18.2 Å². The molecule has 2 amide bonds. The van der Waals surface area contributed by atoms with Gasteiger partial charge < -0.3 is 10.6 Å². The lowest BCUT2D eigenvalue weighted by Crippen LogP contribution is -2.38. The van der Waals surface area contributed by atoms with Crippen LogP contribution in [-0.2, 0) is 0 Å². The minimum Gasteiger partial charge on any atom is -0.335 e. The van der Waals surface area contributed by atoms with Crippen LogP contribution in [0.2, 0.25) is 10.0 Å². The van der Waals surface area contributed by atoms with Crippen molar-refractivity contribution >= 4 is 29.2 Å². The van der Waals surface area contributed by atoms with Crippen LogP contribution in [0.5, 0.6) is 0 Å². The van der Waals surface area contributed by atoms with E-state index in [1.807, 2.05) is 13.0 Å². The summed E-state index contributed by atoms with van der Waals surface area (Å²) in [6, 6.07) is 5.33. The fourth-order valence-electron chi connectivity index (χ4n) is 1.58. The average molecular weight is 273 g/mol. The van der Waals surface area contributed by atoms with E-state index < -0.39 is 0 Å². The van der Waals surface area contributed by atoms with Gasteiger partial charge in [-0.15, -0.1) is 0 Å². The lowest BCUT2D eigenvalue weighted by atomic mass is 10.1. The molecule has 0 bridgehead atoms. The van der Waals surface area contributed by atoms with E-state index in [2.05, 4.69) is 10.6 Å². The normalized spacial score (nSPS) is 16.4. The molecule has 1 aliphatic carbocycles. The first-order valence-electron chi connectivity index (χ1n) is 5.58. The van der Waals surface area contributed by atoms with Crippen molar-refractivity contribution < 1.29 is 4.79 Å². The number of urea groups is 1. The Morgan fingerprint density at radius 3 is 2.71 bits per heavy atom. The van der Waals surface area contributed by atoms with E-state index in [1.54, 1.807) is 12.1 Å². The summed E-state index contributed by atoms with van der Waals surface area (Å²) < 4.78 is 0. The second kappa shape index (κ2) is 5.15. The van der Waals surface area contributed by atoms with E-state index in [4.69, 9.17) is 23.2 Å². The molecule has 0 spiro atoms. The summed E-state index contributed by atoms with van der Waals surface area (Å²) in [5.41, 5.74) is 0.863. The average Bonchev–Trinajstić information content (AvgIpc) is 3.00. The van der Waals surface area contributed by atoms with Gasteiger partial charge in [0.05, 0.1) is 6.04 Å². The van der Waals surface area contributed by atoms with Gasteiger partial charge in [-0.05, 0) is 37.5 Å².